The highest BCUT2D eigenvalue weighted by Gasteiger charge is 1.96. The van der Waals surface area contributed by atoms with Crippen LogP contribution in [-0.2, 0) is 4.74 Å². The summed E-state index contributed by atoms with van der Waals surface area (Å²) in [7, 11) is 0. The fraction of sp³-hybridized carbons (Fsp3) is 0.500. The molecule has 0 aliphatic rings. The van der Waals surface area contributed by atoms with Gasteiger partial charge in [0.25, 0.3) is 0 Å². The summed E-state index contributed by atoms with van der Waals surface area (Å²) in [4.78, 5) is 0. The molecule has 0 radical (unpaired) electrons. The van der Waals surface area contributed by atoms with Crippen LogP contribution in [0.2, 0.25) is 0 Å². The number of hydrogen-bond acceptors (Lipinski definition) is 3. The second-order valence-corrected chi connectivity index (χ2v) is 3.89. The van der Waals surface area contributed by atoms with Gasteiger partial charge in [-0.3, -0.25) is 0 Å². The topological polar surface area (TPSA) is 44.5 Å². The first-order valence-electron chi connectivity index (χ1n) is 5.24. The van der Waals surface area contributed by atoms with Crippen molar-refractivity contribution in [1.29, 1.82) is 0 Å². The number of ether oxygens (including phenoxy) is 2. The second-order valence-electron chi connectivity index (χ2n) is 3.89. The largest absolute Gasteiger partial charge is 0.491 e. The standard InChI is InChI=1S/C12H19NO2/c1-10(2)9-14-6-7-15-12-5-3-4-11(13)8-12/h3-5,8,10H,6-7,9,13H2,1-2H3. The molecule has 0 atom stereocenters. The Morgan fingerprint density at radius 3 is 2.73 bits per heavy atom. The smallest absolute Gasteiger partial charge is 0.121 e. The van der Waals surface area contributed by atoms with Crippen molar-refractivity contribution in [3.63, 3.8) is 0 Å². The molecule has 0 aliphatic carbocycles. The van der Waals surface area contributed by atoms with Gasteiger partial charge in [-0.25, -0.2) is 0 Å². The third-order valence-corrected chi connectivity index (χ3v) is 1.81. The highest BCUT2D eigenvalue weighted by Crippen LogP contribution is 2.13. The summed E-state index contributed by atoms with van der Waals surface area (Å²) in [5.74, 6) is 1.36. The maximum Gasteiger partial charge on any atom is 0.121 e. The minimum atomic E-state index is 0.566. The fourth-order valence-electron chi connectivity index (χ4n) is 1.14. The Balaban J connectivity index is 2.15. The molecule has 0 saturated heterocycles. The highest BCUT2D eigenvalue weighted by atomic mass is 16.5. The fourth-order valence-corrected chi connectivity index (χ4v) is 1.14. The molecular formula is C12H19NO2. The van der Waals surface area contributed by atoms with Gasteiger partial charge in [-0.1, -0.05) is 19.9 Å². The van der Waals surface area contributed by atoms with Crippen LogP contribution in [-0.4, -0.2) is 19.8 Å². The van der Waals surface area contributed by atoms with Crippen molar-refractivity contribution in [3.8, 4) is 5.75 Å². The van der Waals surface area contributed by atoms with Crippen LogP contribution in [0.4, 0.5) is 5.69 Å². The average molecular weight is 209 g/mol. The van der Waals surface area contributed by atoms with Crippen molar-refractivity contribution in [1.82, 2.24) is 0 Å². The molecule has 3 nitrogen and oxygen atoms in total. The zero-order valence-corrected chi connectivity index (χ0v) is 9.40. The molecule has 0 aromatic heterocycles. The van der Waals surface area contributed by atoms with E-state index < -0.39 is 0 Å². The molecule has 0 aliphatic heterocycles. The van der Waals surface area contributed by atoms with Crippen LogP contribution in [0.3, 0.4) is 0 Å². The third-order valence-electron chi connectivity index (χ3n) is 1.81. The zero-order chi connectivity index (χ0) is 11.1. The molecule has 0 unspecified atom stereocenters. The summed E-state index contributed by atoms with van der Waals surface area (Å²) < 4.78 is 10.9. The summed E-state index contributed by atoms with van der Waals surface area (Å²) in [6.07, 6.45) is 0. The van der Waals surface area contributed by atoms with Crippen LogP contribution in [0.25, 0.3) is 0 Å². The number of rotatable bonds is 6. The van der Waals surface area contributed by atoms with Gasteiger partial charge in [0.2, 0.25) is 0 Å². The number of nitrogens with two attached hydrogens (primary N) is 1. The molecule has 1 aromatic rings. The molecule has 0 heterocycles. The Hall–Kier alpha value is -1.22. The van der Waals surface area contributed by atoms with E-state index in [1.807, 2.05) is 24.3 Å². The molecule has 3 heteroatoms. The van der Waals surface area contributed by atoms with Gasteiger partial charge < -0.3 is 15.2 Å². The van der Waals surface area contributed by atoms with Crippen LogP contribution in [0.5, 0.6) is 5.75 Å². The Morgan fingerprint density at radius 2 is 2.07 bits per heavy atom. The summed E-state index contributed by atoms with van der Waals surface area (Å²) in [5.41, 5.74) is 6.34. The van der Waals surface area contributed by atoms with Gasteiger partial charge in [-0.15, -0.1) is 0 Å². The van der Waals surface area contributed by atoms with E-state index in [1.54, 1.807) is 0 Å². The number of anilines is 1. The molecule has 0 fully saturated rings. The normalized spacial score (nSPS) is 10.6. The van der Waals surface area contributed by atoms with Crippen molar-refractivity contribution in [2.24, 2.45) is 5.92 Å². The van der Waals surface area contributed by atoms with Gasteiger partial charge in [0, 0.05) is 18.4 Å². The Labute approximate surface area is 91.2 Å². The van der Waals surface area contributed by atoms with E-state index in [0.29, 0.717) is 19.1 Å². The third kappa shape index (κ3) is 5.27. The first-order valence-corrected chi connectivity index (χ1v) is 5.24. The monoisotopic (exact) mass is 209 g/mol. The minimum Gasteiger partial charge on any atom is -0.491 e. The first-order chi connectivity index (χ1) is 7.18. The summed E-state index contributed by atoms with van der Waals surface area (Å²) >= 11 is 0. The Kier molecular flexibility index (Phi) is 4.98. The van der Waals surface area contributed by atoms with Gasteiger partial charge in [0.05, 0.1) is 6.61 Å². The van der Waals surface area contributed by atoms with Crippen LogP contribution < -0.4 is 10.5 Å². The van der Waals surface area contributed by atoms with E-state index in [2.05, 4.69) is 13.8 Å². The highest BCUT2D eigenvalue weighted by molar-refractivity contribution is 5.43. The van der Waals surface area contributed by atoms with Crippen LogP contribution >= 0.6 is 0 Å². The predicted molar refractivity (Wildman–Crippen MR) is 62.0 cm³/mol. The van der Waals surface area contributed by atoms with E-state index in [4.69, 9.17) is 15.2 Å². The predicted octanol–water partition coefficient (Wildman–Crippen LogP) is 2.32. The van der Waals surface area contributed by atoms with Crippen molar-refractivity contribution in [3.05, 3.63) is 24.3 Å². The Bertz CT molecular complexity index is 287. The van der Waals surface area contributed by atoms with Crippen LogP contribution in [0.1, 0.15) is 13.8 Å². The number of hydrogen-bond donors (Lipinski definition) is 1. The van der Waals surface area contributed by atoms with E-state index in [0.717, 1.165) is 18.0 Å². The molecular weight excluding hydrogens is 190 g/mol. The van der Waals surface area contributed by atoms with Crippen LogP contribution in [0.15, 0.2) is 24.3 Å². The van der Waals surface area contributed by atoms with E-state index in [-0.39, 0.29) is 0 Å². The molecule has 84 valence electrons. The maximum absolute atomic E-state index is 5.62. The van der Waals surface area contributed by atoms with Gasteiger partial charge in [0.1, 0.15) is 12.4 Å². The van der Waals surface area contributed by atoms with Gasteiger partial charge >= 0.3 is 0 Å². The molecule has 2 N–H and O–H groups in total. The molecule has 0 amide bonds. The maximum atomic E-state index is 5.62. The molecule has 1 rings (SSSR count). The number of nitrogen functional groups attached to an aromatic ring is 1. The SMILES string of the molecule is CC(C)COCCOc1cccc(N)c1. The van der Waals surface area contributed by atoms with Crippen molar-refractivity contribution >= 4 is 5.69 Å². The summed E-state index contributed by atoms with van der Waals surface area (Å²) in [6.45, 7) is 6.21. The lowest BCUT2D eigenvalue weighted by atomic mass is 10.2. The zero-order valence-electron chi connectivity index (χ0n) is 9.40. The lowest BCUT2D eigenvalue weighted by Gasteiger charge is -2.08. The molecule has 1 aromatic carbocycles. The van der Waals surface area contributed by atoms with Gasteiger partial charge in [-0.05, 0) is 18.1 Å². The molecule has 15 heavy (non-hydrogen) atoms. The molecule has 0 spiro atoms. The van der Waals surface area contributed by atoms with Gasteiger partial charge in [0.15, 0.2) is 0 Å². The van der Waals surface area contributed by atoms with E-state index in [9.17, 15) is 0 Å². The lowest BCUT2D eigenvalue weighted by Crippen LogP contribution is -2.10. The minimum absolute atomic E-state index is 0.566. The number of benzene rings is 1. The lowest BCUT2D eigenvalue weighted by molar-refractivity contribution is 0.0819. The summed E-state index contributed by atoms with van der Waals surface area (Å²) in [6, 6.07) is 7.41. The first kappa shape index (κ1) is 11.9. The average Bonchev–Trinajstić information content (AvgIpc) is 2.17. The summed E-state index contributed by atoms with van der Waals surface area (Å²) in [5, 5.41) is 0. The van der Waals surface area contributed by atoms with Gasteiger partial charge in [-0.2, -0.15) is 0 Å². The van der Waals surface area contributed by atoms with E-state index >= 15 is 0 Å². The van der Waals surface area contributed by atoms with Crippen molar-refractivity contribution in [2.75, 3.05) is 25.6 Å². The molecule has 0 bridgehead atoms. The molecule has 0 saturated carbocycles. The second kappa shape index (κ2) is 6.30. The quantitative estimate of drug-likeness (QED) is 0.577. The van der Waals surface area contributed by atoms with Crippen LogP contribution in [0, 0.1) is 5.92 Å². The van der Waals surface area contributed by atoms with Crippen molar-refractivity contribution < 1.29 is 9.47 Å². The van der Waals surface area contributed by atoms with E-state index in [1.165, 1.54) is 0 Å². The van der Waals surface area contributed by atoms with Crippen molar-refractivity contribution in [2.45, 2.75) is 13.8 Å². The Morgan fingerprint density at radius 1 is 1.27 bits per heavy atom.